The van der Waals surface area contributed by atoms with Crippen molar-refractivity contribution in [1.82, 2.24) is 5.32 Å². The number of halogens is 1. The molecule has 0 saturated heterocycles. The van der Waals surface area contributed by atoms with Gasteiger partial charge >= 0.3 is 0 Å². The topological polar surface area (TPSA) is 76.9 Å². The van der Waals surface area contributed by atoms with Crippen molar-refractivity contribution in [3.05, 3.63) is 88.4 Å². The average Bonchev–Trinajstić information content (AvgIpc) is 2.70. The molecule has 0 radical (unpaired) electrons. The fourth-order valence-corrected chi connectivity index (χ4v) is 3.03. The van der Waals surface area contributed by atoms with Crippen LogP contribution in [-0.4, -0.2) is 22.7 Å². The molecule has 150 valence electrons. The minimum Gasteiger partial charge on any atom is -0.508 e. The summed E-state index contributed by atoms with van der Waals surface area (Å²) < 4.78 is 0. The van der Waals surface area contributed by atoms with Gasteiger partial charge in [0.2, 0.25) is 0 Å². The van der Waals surface area contributed by atoms with Gasteiger partial charge in [-0.25, -0.2) is 4.99 Å². The van der Waals surface area contributed by atoms with Crippen LogP contribution in [0.4, 0.5) is 5.69 Å². The predicted octanol–water partition coefficient (Wildman–Crippen LogP) is 4.86. The maximum absolute atomic E-state index is 9.64. The molecule has 0 aromatic heterocycles. The molecule has 0 atom stereocenters. The van der Waals surface area contributed by atoms with Crippen LogP contribution in [0.5, 0.6) is 11.5 Å². The molecule has 29 heavy (non-hydrogen) atoms. The number of phenols is 2. The Hall–Kier alpha value is -3.18. The summed E-state index contributed by atoms with van der Waals surface area (Å²) in [7, 11) is 0. The third kappa shape index (κ3) is 6.16. The molecular formula is C23H24ClN3O2. The highest BCUT2D eigenvalue weighted by Gasteiger charge is 2.05. The normalized spacial score (nSPS) is 11.3. The number of aromatic hydroxyl groups is 2. The highest BCUT2D eigenvalue weighted by atomic mass is 35.5. The van der Waals surface area contributed by atoms with Crippen molar-refractivity contribution in [2.45, 2.75) is 19.9 Å². The third-order valence-electron chi connectivity index (χ3n) is 4.47. The molecule has 0 aliphatic rings. The van der Waals surface area contributed by atoms with Crippen LogP contribution in [0, 0.1) is 6.92 Å². The number of hydrogen-bond acceptors (Lipinski definition) is 3. The van der Waals surface area contributed by atoms with Crippen molar-refractivity contribution in [2.75, 3.05) is 11.9 Å². The summed E-state index contributed by atoms with van der Waals surface area (Å²) >= 11 is 6.25. The smallest absolute Gasteiger partial charge is 0.196 e. The lowest BCUT2D eigenvalue weighted by atomic mass is 10.1. The Balaban J connectivity index is 1.72. The SMILES string of the molecule is Cc1cc(O)ccc1NC(=NCc1ccccc1Cl)NCCc1ccc(O)cc1. The quantitative estimate of drug-likeness (QED) is 0.266. The van der Waals surface area contributed by atoms with E-state index in [1.807, 2.05) is 49.4 Å². The molecule has 0 saturated carbocycles. The van der Waals surface area contributed by atoms with Gasteiger partial charge in [-0.15, -0.1) is 0 Å². The maximum Gasteiger partial charge on any atom is 0.196 e. The van der Waals surface area contributed by atoms with E-state index in [0.717, 1.165) is 28.8 Å². The Morgan fingerprint density at radius 1 is 0.966 bits per heavy atom. The summed E-state index contributed by atoms with van der Waals surface area (Å²) in [6, 6.07) is 19.9. The Morgan fingerprint density at radius 2 is 1.69 bits per heavy atom. The van der Waals surface area contributed by atoms with Gasteiger partial charge in [0.25, 0.3) is 0 Å². The number of aliphatic imine (C=N–C) groups is 1. The largest absolute Gasteiger partial charge is 0.508 e. The van der Waals surface area contributed by atoms with Gasteiger partial charge in [-0.3, -0.25) is 0 Å². The fourth-order valence-electron chi connectivity index (χ4n) is 2.83. The van der Waals surface area contributed by atoms with E-state index in [1.165, 1.54) is 0 Å². The fraction of sp³-hybridized carbons (Fsp3) is 0.174. The molecule has 4 N–H and O–H groups in total. The van der Waals surface area contributed by atoms with Gasteiger partial charge in [0.1, 0.15) is 11.5 Å². The first kappa shape index (κ1) is 20.6. The van der Waals surface area contributed by atoms with E-state index in [9.17, 15) is 10.2 Å². The second-order valence-corrected chi connectivity index (χ2v) is 7.13. The molecule has 0 unspecified atom stereocenters. The van der Waals surface area contributed by atoms with Gasteiger partial charge in [-0.05, 0) is 66.4 Å². The molecule has 0 amide bonds. The predicted molar refractivity (Wildman–Crippen MR) is 119 cm³/mol. The second-order valence-electron chi connectivity index (χ2n) is 6.72. The van der Waals surface area contributed by atoms with Crippen molar-refractivity contribution in [3.63, 3.8) is 0 Å². The van der Waals surface area contributed by atoms with Crippen LogP contribution >= 0.6 is 11.6 Å². The van der Waals surface area contributed by atoms with Gasteiger partial charge in [0, 0.05) is 17.3 Å². The number of aryl methyl sites for hydroxylation is 1. The zero-order valence-electron chi connectivity index (χ0n) is 16.2. The zero-order chi connectivity index (χ0) is 20.6. The van der Waals surface area contributed by atoms with Crippen molar-refractivity contribution in [2.24, 2.45) is 4.99 Å². The van der Waals surface area contributed by atoms with Gasteiger partial charge in [-0.1, -0.05) is 41.9 Å². The highest BCUT2D eigenvalue weighted by molar-refractivity contribution is 6.31. The van der Waals surface area contributed by atoms with Crippen LogP contribution in [0.2, 0.25) is 5.02 Å². The van der Waals surface area contributed by atoms with Crippen LogP contribution < -0.4 is 10.6 Å². The van der Waals surface area contributed by atoms with E-state index < -0.39 is 0 Å². The first-order valence-corrected chi connectivity index (χ1v) is 9.75. The van der Waals surface area contributed by atoms with Crippen LogP contribution in [0.25, 0.3) is 0 Å². The number of hydrogen-bond donors (Lipinski definition) is 4. The minimum atomic E-state index is 0.225. The van der Waals surface area contributed by atoms with Crippen molar-refractivity contribution in [1.29, 1.82) is 0 Å². The number of rotatable bonds is 6. The summed E-state index contributed by atoms with van der Waals surface area (Å²) in [5.41, 5.74) is 3.83. The summed E-state index contributed by atoms with van der Waals surface area (Å²) in [4.78, 5) is 4.67. The molecule has 6 heteroatoms. The molecule has 0 bridgehead atoms. The van der Waals surface area contributed by atoms with E-state index in [1.54, 1.807) is 24.3 Å². The lowest BCUT2D eigenvalue weighted by Crippen LogP contribution is -2.32. The number of nitrogens with one attached hydrogen (secondary N) is 2. The Bertz CT molecular complexity index is 988. The molecule has 5 nitrogen and oxygen atoms in total. The second kappa shape index (κ2) is 9.85. The lowest BCUT2D eigenvalue weighted by Gasteiger charge is -2.15. The van der Waals surface area contributed by atoms with Crippen molar-refractivity contribution < 1.29 is 10.2 Å². The molecular weight excluding hydrogens is 386 g/mol. The van der Waals surface area contributed by atoms with Crippen LogP contribution in [0.1, 0.15) is 16.7 Å². The van der Waals surface area contributed by atoms with Crippen LogP contribution in [0.15, 0.2) is 71.7 Å². The van der Waals surface area contributed by atoms with Gasteiger partial charge in [-0.2, -0.15) is 0 Å². The van der Waals surface area contributed by atoms with Crippen LogP contribution in [0.3, 0.4) is 0 Å². The molecule has 0 heterocycles. The van der Waals surface area contributed by atoms with E-state index in [0.29, 0.717) is 24.1 Å². The minimum absolute atomic E-state index is 0.225. The van der Waals surface area contributed by atoms with Crippen LogP contribution in [-0.2, 0) is 13.0 Å². The molecule has 3 rings (SSSR count). The molecule has 3 aromatic carbocycles. The zero-order valence-corrected chi connectivity index (χ0v) is 16.9. The molecule has 0 fully saturated rings. The van der Waals surface area contributed by atoms with E-state index in [-0.39, 0.29) is 11.5 Å². The molecule has 0 aliphatic heterocycles. The van der Waals surface area contributed by atoms with Crippen molar-refractivity contribution >= 4 is 23.2 Å². The van der Waals surface area contributed by atoms with E-state index in [2.05, 4.69) is 15.6 Å². The van der Waals surface area contributed by atoms with Crippen molar-refractivity contribution in [3.8, 4) is 11.5 Å². The molecule has 3 aromatic rings. The Kier molecular flexibility index (Phi) is 6.98. The third-order valence-corrected chi connectivity index (χ3v) is 4.84. The van der Waals surface area contributed by atoms with E-state index in [4.69, 9.17) is 11.6 Å². The Labute approximate surface area is 175 Å². The first-order chi connectivity index (χ1) is 14.0. The van der Waals surface area contributed by atoms with E-state index >= 15 is 0 Å². The average molecular weight is 410 g/mol. The molecule has 0 spiro atoms. The van der Waals surface area contributed by atoms with Gasteiger partial charge in [0.15, 0.2) is 5.96 Å². The monoisotopic (exact) mass is 409 g/mol. The summed E-state index contributed by atoms with van der Waals surface area (Å²) in [6.07, 6.45) is 0.779. The summed E-state index contributed by atoms with van der Waals surface area (Å²) in [5, 5.41) is 26.4. The number of phenolic OH excluding ortho intramolecular Hbond substituents is 2. The first-order valence-electron chi connectivity index (χ1n) is 9.37. The number of anilines is 1. The van der Waals surface area contributed by atoms with Gasteiger partial charge < -0.3 is 20.8 Å². The summed E-state index contributed by atoms with van der Waals surface area (Å²) in [5.74, 6) is 1.11. The molecule has 0 aliphatic carbocycles. The number of guanidine groups is 1. The number of benzene rings is 3. The lowest BCUT2D eigenvalue weighted by molar-refractivity contribution is 0.474. The summed E-state index contributed by atoms with van der Waals surface area (Å²) in [6.45, 7) is 3.02. The Morgan fingerprint density at radius 3 is 2.41 bits per heavy atom. The van der Waals surface area contributed by atoms with Gasteiger partial charge in [0.05, 0.1) is 6.54 Å². The number of nitrogens with zero attached hydrogens (tertiary/aromatic N) is 1. The standard InChI is InChI=1S/C23H24ClN3O2/c1-16-14-20(29)10-11-22(16)27-23(26-15-18-4-2-3-5-21(18)24)25-13-12-17-6-8-19(28)9-7-17/h2-11,14,28-29H,12-13,15H2,1H3,(H2,25,26,27). The highest BCUT2D eigenvalue weighted by Crippen LogP contribution is 2.20. The maximum atomic E-state index is 9.64.